The van der Waals surface area contributed by atoms with Gasteiger partial charge in [0.05, 0.1) is 0 Å². The van der Waals surface area contributed by atoms with E-state index in [1.165, 1.54) is 0 Å². The summed E-state index contributed by atoms with van der Waals surface area (Å²) < 4.78 is 0. The molecular formula is C10H8N10O4. The standard InChI is InChI=1S/C10H8N10O4/c1-11-19-9-13-5(21)3(6(22)14-9)17-18-4-7(23)15-10(20-12-2)16-8(4)24/h1H2,(H3,13,14,19,21,22)(H3,15,16,20,23,24). The Morgan fingerprint density at radius 3 is 2.00 bits per heavy atom. The fourth-order valence-corrected chi connectivity index (χ4v) is 1.42. The summed E-state index contributed by atoms with van der Waals surface area (Å²) in [6, 6.07) is 0. The van der Waals surface area contributed by atoms with Crippen LogP contribution >= 0.6 is 0 Å². The third kappa shape index (κ3) is 3.30. The molecule has 14 nitrogen and oxygen atoms in total. The number of nitrogens with zero attached hydrogens (tertiary/aromatic N) is 6. The fraction of sp³-hybridized carbons (Fsp3) is 0. The Balaban J connectivity index is 2.42. The topological polar surface area (TPSA) is 197 Å². The van der Waals surface area contributed by atoms with E-state index >= 15 is 0 Å². The lowest BCUT2D eigenvalue weighted by molar-refractivity contribution is 0.450. The predicted molar refractivity (Wildman–Crippen MR) is 80.6 cm³/mol. The van der Waals surface area contributed by atoms with Gasteiger partial charge in [0, 0.05) is 6.72 Å². The first-order valence-electron chi connectivity index (χ1n) is 5.88. The van der Waals surface area contributed by atoms with Crippen molar-refractivity contribution in [3.8, 4) is 11.8 Å². The maximum atomic E-state index is 11.7. The van der Waals surface area contributed by atoms with Crippen LogP contribution in [-0.4, -0.2) is 36.9 Å². The molecule has 2 aromatic rings. The molecule has 2 aromatic heterocycles. The predicted octanol–water partition coefficient (Wildman–Crippen LogP) is -0.0465. The number of hydrogen-bond donors (Lipinski definition) is 6. The van der Waals surface area contributed by atoms with Crippen molar-refractivity contribution in [1.82, 2.24) is 19.9 Å². The van der Waals surface area contributed by atoms with Crippen molar-refractivity contribution in [1.29, 1.82) is 0 Å². The van der Waals surface area contributed by atoms with Crippen LogP contribution in [0, 0.1) is 6.57 Å². The van der Waals surface area contributed by atoms with E-state index in [1.807, 2.05) is 5.43 Å². The molecule has 2 rings (SSSR count). The molecular weight excluding hydrogens is 324 g/mol. The van der Waals surface area contributed by atoms with E-state index in [-0.39, 0.29) is 11.9 Å². The van der Waals surface area contributed by atoms with Crippen LogP contribution in [0.3, 0.4) is 0 Å². The number of anilines is 2. The number of nitrogens with one attached hydrogen (secondary N) is 4. The minimum Gasteiger partial charge on any atom is -0.491 e. The van der Waals surface area contributed by atoms with Crippen LogP contribution in [0.25, 0.3) is 4.95 Å². The van der Waals surface area contributed by atoms with Gasteiger partial charge in [0.1, 0.15) is 0 Å². The van der Waals surface area contributed by atoms with Gasteiger partial charge in [-0.05, 0) is 0 Å². The van der Waals surface area contributed by atoms with Gasteiger partial charge in [-0.3, -0.25) is 19.6 Å². The smallest absolute Gasteiger partial charge is 0.284 e. The fourth-order valence-electron chi connectivity index (χ4n) is 1.42. The van der Waals surface area contributed by atoms with E-state index in [4.69, 9.17) is 6.57 Å². The second-order valence-electron chi connectivity index (χ2n) is 3.87. The zero-order chi connectivity index (χ0) is 17.7. The van der Waals surface area contributed by atoms with E-state index in [2.05, 4.69) is 52.4 Å². The molecule has 0 aromatic carbocycles. The molecule has 0 fully saturated rings. The first-order chi connectivity index (χ1) is 11.5. The van der Waals surface area contributed by atoms with E-state index in [0.717, 1.165) is 0 Å². The first-order valence-corrected chi connectivity index (χ1v) is 5.88. The number of rotatable bonds is 5. The summed E-state index contributed by atoms with van der Waals surface area (Å²) >= 11 is 0. The van der Waals surface area contributed by atoms with Gasteiger partial charge in [0.25, 0.3) is 17.1 Å². The monoisotopic (exact) mass is 332 g/mol. The van der Waals surface area contributed by atoms with Gasteiger partial charge in [-0.2, -0.15) is 26.6 Å². The van der Waals surface area contributed by atoms with Crippen LogP contribution in [0.15, 0.2) is 24.9 Å². The van der Waals surface area contributed by atoms with Crippen LogP contribution in [0.1, 0.15) is 0 Å². The van der Waals surface area contributed by atoms with Crippen LogP contribution < -0.4 is 22.0 Å². The molecule has 0 atom stereocenters. The summed E-state index contributed by atoms with van der Waals surface area (Å²) in [6.45, 7) is 9.67. The van der Waals surface area contributed by atoms with Crippen LogP contribution in [0.2, 0.25) is 0 Å². The van der Waals surface area contributed by atoms with Crippen molar-refractivity contribution >= 4 is 30.0 Å². The number of aromatic nitrogens is 4. The Labute approximate surface area is 131 Å². The Hall–Kier alpha value is -4.28. The molecule has 0 aliphatic rings. The second kappa shape index (κ2) is 6.65. The highest BCUT2D eigenvalue weighted by Gasteiger charge is 2.14. The van der Waals surface area contributed by atoms with Crippen molar-refractivity contribution in [2.45, 2.75) is 0 Å². The van der Waals surface area contributed by atoms with Gasteiger partial charge in [-0.1, -0.05) is 5.43 Å². The average molecular weight is 332 g/mol. The Bertz CT molecular complexity index is 969. The van der Waals surface area contributed by atoms with E-state index in [9.17, 15) is 19.8 Å². The Kier molecular flexibility index (Phi) is 4.46. The summed E-state index contributed by atoms with van der Waals surface area (Å²) in [5.74, 6) is -2.14. The van der Waals surface area contributed by atoms with E-state index in [1.54, 1.807) is 0 Å². The summed E-state index contributed by atoms with van der Waals surface area (Å²) in [4.78, 5) is 37.5. The SMILES string of the molecule is [C-]#[N+]Nc1nc(O)c(N=Nc2c(O)nc(NN=C)[nH]c2=O)c(=O)[nH]1. The molecule has 0 spiro atoms. The van der Waals surface area contributed by atoms with Gasteiger partial charge in [0.15, 0.2) is 0 Å². The zero-order valence-electron chi connectivity index (χ0n) is 11.6. The van der Waals surface area contributed by atoms with Crippen LogP contribution in [-0.2, 0) is 0 Å². The number of H-pyrrole nitrogens is 2. The number of hydrogen-bond acceptors (Lipinski definition) is 11. The van der Waals surface area contributed by atoms with E-state index in [0.29, 0.717) is 0 Å². The molecule has 2 heterocycles. The Morgan fingerprint density at radius 1 is 1.04 bits per heavy atom. The zero-order valence-corrected chi connectivity index (χ0v) is 11.6. The number of hydrazone groups is 1. The highest BCUT2D eigenvalue weighted by atomic mass is 16.3. The third-order valence-corrected chi connectivity index (χ3v) is 2.35. The van der Waals surface area contributed by atoms with Gasteiger partial charge in [-0.25, -0.2) is 5.43 Å². The number of aromatic hydroxyl groups is 2. The largest absolute Gasteiger partial charge is 0.491 e. The highest BCUT2D eigenvalue weighted by Crippen LogP contribution is 2.25. The highest BCUT2D eigenvalue weighted by molar-refractivity contribution is 5.50. The lowest BCUT2D eigenvalue weighted by atomic mass is 10.5. The van der Waals surface area contributed by atoms with E-state index < -0.39 is 34.3 Å². The summed E-state index contributed by atoms with van der Waals surface area (Å²) in [6.07, 6.45) is 0. The molecule has 0 unspecified atom stereocenters. The Morgan fingerprint density at radius 2 is 1.54 bits per heavy atom. The molecule has 14 heteroatoms. The average Bonchev–Trinajstić information content (AvgIpc) is 2.49. The van der Waals surface area contributed by atoms with Crippen LogP contribution in [0.5, 0.6) is 11.8 Å². The van der Waals surface area contributed by atoms with Gasteiger partial charge in [-0.15, -0.1) is 10.2 Å². The van der Waals surface area contributed by atoms with Gasteiger partial charge < -0.3 is 10.2 Å². The lowest BCUT2D eigenvalue weighted by Gasteiger charge is -2.01. The summed E-state index contributed by atoms with van der Waals surface area (Å²) in [5, 5.41) is 29.2. The maximum absolute atomic E-state index is 11.7. The second-order valence-corrected chi connectivity index (χ2v) is 3.87. The molecule has 0 amide bonds. The lowest BCUT2D eigenvalue weighted by Crippen LogP contribution is -2.11. The molecule has 122 valence electrons. The maximum Gasteiger partial charge on any atom is 0.284 e. The molecule has 6 N–H and O–H groups in total. The summed E-state index contributed by atoms with van der Waals surface area (Å²) in [5.41, 5.74) is 1.11. The van der Waals surface area contributed by atoms with Crippen molar-refractivity contribution < 1.29 is 10.2 Å². The molecule has 0 saturated carbocycles. The molecule has 0 aliphatic carbocycles. The van der Waals surface area contributed by atoms with Gasteiger partial charge in [0.2, 0.25) is 29.1 Å². The normalized spacial score (nSPS) is 10.3. The van der Waals surface area contributed by atoms with Crippen molar-refractivity contribution in [3.05, 3.63) is 32.2 Å². The van der Waals surface area contributed by atoms with Gasteiger partial charge >= 0.3 is 0 Å². The van der Waals surface area contributed by atoms with Crippen molar-refractivity contribution in [2.75, 3.05) is 10.9 Å². The number of azo groups is 1. The molecule has 24 heavy (non-hydrogen) atoms. The van der Waals surface area contributed by atoms with Crippen molar-refractivity contribution in [3.63, 3.8) is 0 Å². The minimum absolute atomic E-state index is 0.191. The molecule has 0 radical (unpaired) electrons. The third-order valence-electron chi connectivity index (χ3n) is 2.35. The first kappa shape index (κ1) is 16.1. The summed E-state index contributed by atoms with van der Waals surface area (Å²) in [7, 11) is 0. The van der Waals surface area contributed by atoms with Crippen LogP contribution in [0.4, 0.5) is 23.3 Å². The quantitative estimate of drug-likeness (QED) is 0.189. The minimum atomic E-state index is -0.935. The number of aromatic amines is 2. The molecule has 0 bridgehead atoms. The van der Waals surface area contributed by atoms with Crippen molar-refractivity contribution in [2.24, 2.45) is 15.3 Å². The molecule has 0 aliphatic heterocycles. The molecule has 0 saturated heterocycles.